The first-order chi connectivity index (χ1) is 29.0. The Hall–Kier alpha value is -4.04. The van der Waals surface area contributed by atoms with E-state index in [4.69, 9.17) is 28.8 Å². The number of ether oxygens (including phenoxy) is 5. The van der Waals surface area contributed by atoms with Crippen molar-refractivity contribution in [2.75, 3.05) is 85.6 Å². The van der Waals surface area contributed by atoms with Gasteiger partial charge in [-0.05, 0) is 81.5 Å². The van der Waals surface area contributed by atoms with Crippen LogP contribution < -0.4 is 4.90 Å². The highest BCUT2D eigenvalue weighted by atomic mass is 32.2. The third-order valence-corrected chi connectivity index (χ3v) is 12.8. The molecule has 15 nitrogen and oxygen atoms in total. The average Bonchev–Trinajstić information content (AvgIpc) is 3.58. The Morgan fingerprint density at radius 2 is 1.28 bits per heavy atom. The normalized spacial score (nSPS) is 20.0. The largest absolute Gasteiger partial charge is 0.481 e. The van der Waals surface area contributed by atoms with Crippen LogP contribution in [0.2, 0.25) is 0 Å². The molecule has 0 saturated carbocycles. The van der Waals surface area contributed by atoms with Gasteiger partial charge in [-0.3, -0.25) is 13.9 Å². The van der Waals surface area contributed by atoms with Crippen molar-refractivity contribution in [2.24, 2.45) is 0 Å². The summed E-state index contributed by atoms with van der Waals surface area (Å²) >= 11 is 0. The van der Waals surface area contributed by atoms with E-state index < -0.39 is 37.0 Å². The van der Waals surface area contributed by atoms with Crippen molar-refractivity contribution in [1.29, 1.82) is 0 Å². The fourth-order valence-electron chi connectivity index (χ4n) is 7.82. The standard InChI is InChI=1S/C44H60N2O13S2/c1-43(21-25-58-30-28-56-4)36-32-34(60(49,50)51)17-19-38(36)45(23-13-9-12-16-42(47)48)40(43)14-10-7-6-8-11-15-41-44(2,22-26-59-31-29-57-5)37-33-35(61(52,53)54)18-20-39(37)46(41)24-27-55-3/h6-8,10-11,14-15,17-20,32-33H,9,12-13,16,21-31H2,1-5H3,(H2-,47,48,49,50,51,52,53,54)/p+1. The molecule has 0 saturated heterocycles. The summed E-state index contributed by atoms with van der Waals surface area (Å²) < 4.78 is 98.4. The maximum Gasteiger partial charge on any atom is 0.303 e. The zero-order valence-electron chi connectivity index (χ0n) is 35.7. The topological polar surface area (TPSA) is 198 Å². The van der Waals surface area contributed by atoms with Crippen LogP contribution in [0.3, 0.4) is 0 Å². The van der Waals surface area contributed by atoms with E-state index in [0.29, 0.717) is 91.4 Å². The molecule has 2 heterocycles. The summed E-state index contributed by atoms with van der Waals surface area (Å²) in [5, 5.41) is 9.15. The van der Waals surface area contributed by atoms with Gasteiger partial charge >= 0.3 is 5.97 Å². The first-order valence-corrected chi connectivity index (χ1v) is 23.1. The molecule has 0 fully saturated rings. The first kappa shape index (κ1) is 49.6. The van der Waals surface area contributed by atoms with E-state index in [-0.39, 0.29) is 16.2 Å². The van der Waals surface area contributed by atoms with Crippen LogP contribution in [0, 0.1) is 0 Å². The molecule has 0 aromatic heterocycles. The number of unbranched alkanes of at least 4 members (excludes halogenated alkanes) is 2. The Bertz CT molecular complexity index is 2200. The van der Waals surface area contributed by atoms with Crippen molar-refractivity contribution in [3.8, 4) is 0 Å². The number of carboxylic acid groups (broad SMARTS) is 1. The van der Waals surface area contributed by atoms with Gasteiger partial charge in [0.1, 0.15) is 6.54 Å². The lowest BCUT2D eigenvalue weighted by Crippen LogP contribution is -2.33. The van der Waals surface area contributed by atoms with Gasteiger partial charge in [-0.15, -0.1) is 0 Å². The lowest BCUT2D eigenvalue weighted by molar-refractivity contribution is -0.438. The SMILES string of the molecule is COCCOCCC1(C)C(/C=C/C=C/C=C/C=C2/N(CCOC)c3ccc(S(=O)(=O)O)cc3C2(C)CCOCCOC)=[N+](CCCCCC(=O)O)c2ccc(S(=O)(=O)O)cc21. The monoisotopic (exact) mass is 889 g/mol. The Morgan fingerprint density at radius 1 is 0.705 bits per heavy atom. The summed E-state index contributed by atoms with van der Waals surface area (Å²) in [5.41, 5.74) is 3.45. The molecule has 2 aromatic carbocycles. The number of aliphatic carboxylic acids is 1. The van der Waals surface area contributed by atoms with Gasteiger partial charge in [0.05, 0.1) is 48.2 Å². The van der Waals surface area contributed by atoms with E-state index in [9.17, 15) is 30.7 Å². The molecule has 4 rings (SSSR count). The summed E-state index contributed by atoms with van der Waals surface area (Å²) in [4.78, 5) is 12.8. The molecule has 0 aliphatic carbocycles. The number of rotatable bonds is 27. The molecule has 2 unspecified atom stereocenters. The molecule has 336 valence electrons. The van der Waals surface area contributed by atoms with Crippen molar-refractivity contribution in [1.82, 2.24) is 0 Å². The first-order valence-electron chi connectivity index (χ1n) is 20.3. The number of methoxy groups -OCH3 is 3. The molecule has 3 N–H and O–H groups in total. The highest BCUT2D eigenvalue weighted by Crippen LogP contribution is 2.50. The van der Waals surface area contributed by atoms with Crippen LogP contribution in [0.25, 0.3) is 0 Å². The zero-order chi connectivity index (χ0) is 44.7. The van der Waals surface area contributed by atoms with Crippen molar-refractivity contribution < 1.29 is 64.1 Å². The molecule has 61 heavy (non-hydrogen) atoms. The molecule has 0 spiro atoms. The lowest BCUT2D eigenvalue weighted by Gasteiger charge is -2.30. The van der Waals surface area contributed by atoms with Crippen LogP contribution >= 0.6 is 0 Å². The average molecular weight is 890 g/mol. The number of carbonyl (C=O) groups is 1. The lowest BCUT2D eigenvalue weighted by atomic mass is 9.76. The zero-order valence-corrected chi connectivity index (χ0v) is 37.4. The van der Waals surface area contributed by atoms with Gasteiger partial charge in [0.25, 0.3) is 20.2 Å². The Kier molecular flexibility index (Phi) is 18.6. The van der Waals surface area contributed by atoms with Gasteiger partial charge in [0.2, 0.25) is 5.69 Å². The van der Waals surface area contributed by atoms with E-state index in [1.54, 1.807) is 33.5 Å². The molecule has 2 aliphatic rings. The number of hydrogen-bond donors (Lipinski definition) is 3. The molecule has 0 amide bonds. The van der Waals surface area contributed by atoms with E-state index in [0.717, 1.165) is 33.9 Å². The van der Waals surface area contributed by atoms with Gasteiger partial charge in [0.15, 0.2) is 5.71 Å². The highest BCUT2D eigenvalue weighted by Gasteiger charge is 2.48. The van der Waals surface area contributed by atoms with Crippen molar-refractivity contribution >= 4 is 43.3 Å². The van der Waals surface area contributed by atoms with E-state index >= 15 is 0 Å². The van der Waals surface area contributed by atoms with Crippen LogP contribution in [0.15, 0.2) is 94.4 Å². The van der Waals surface area contributed by atoms with Gasteiger partial charge in [-0.25, -0.2) is 0 Å². The molecule has 0 bridgehead atoms. The predicted octanol–water partition coefficient (Wildman–Crippen LogP) is 6.26. The molecular formula is C44H61N2O13S2+. The second-order valence-corrected chi connectivity index (χ2v) is 18.1. The maximum atomic E-state index is 12.3. The summed E-state index contributed by atoms with van der Waals surface area (Å²) in [5.74, 6) is -0.846. The number of fused-ring (bicyclic) bond motifs is 2. The summed E-state index contributed by atoms with van der Waals surface area (Å²) in [7, 11) is -4.14. The van der Waals surface area contributed by atoms with Crippen molar-refractivity contribution in [3.05, 3.63) is 95.8 Å². The smallest absolute Gasteiger partial charge is 0.303 e. The third-order valence-electron chi connectivity index (χ3n) is 11.1. The number of carboxylic acids is 1. The van der Waals surface area contributed by atoms with E-state index in [1.165, 1.54) is 24.3 Å². The van der Waals surface area contributed by atoms with E-state index in [2.05, 4.69) is 9.48 Å². The van der Waals surface area contributed by atoms with Gasteiger partial charge in [-0.2, -0.15) is 21.4 Å². The predicted molar refractivity (Wildman–Crippen MR) is 232 cm³/mol. The Labute approximate surface area is 360 Å². The minimum absolute atomic E-state index is 0.0753. The van der Waals surface area contributed by atoms with E-state index in [1.807, 2.05) is 56.4 Å². The van der Waals surface area contributed by atoms with Crippen LogP contribution in [0.5, 0.6) is 0 Å². The van der Waals surface area contributed by atoms with Crippen LogP contribution in [-0.2, 0) is 59.5 Å². The number of benzene rings is 2. The van der Waals surface area contributed by atoms with Crippen LogP contribution in [0.1, 0.15) is 63.5 Å². The second kappa shape index (κ2) is 22.9. The Balaban J connectivity index is 1.69. The fraction of sp³-hybridized carbons (Fsp3) is 0.500. The van der Waals surface area contributed by atoms with Crippen molar-refractivity contribution in [2.45, 2.75) is 73.0 Å². The minimum Gasteiger partial charge on any atom is -0.481 e. The minimum atomic E-state index is -4.48. The highest BCUT2D eigenvalue weighted by molar-refractivity contribution is 7.86. The summed E-state index contributed by atoms with van der Waals surface area (Å²) in [6, 6.07) is 9.23. The summed E-state index contributed by atoms with van der Waals surface area (Å²) in [6.07, 6.45) is 16.4. The quantitative estimate of drug-likeness (QED) is 0.0393. The molecule has 2 aromatic rings. The maximum absolute atomic E-state index is 12.3. The fourth-order valence-corrected chi connectivity index (χ4v) is 8.84. The van der Waals surface area contributed by atoms with Gasteiger partial charge in [0, 0.05) is 88.4 Å². The van der Waals surface area contributed by atoms with Crippen LogP contribution in [-0.4, -0.2) is 128 Å². The van der Waals surface area contributed by atoms with Gasteiger partial charge < -0.3 is 33.7 Å². The van der Waals surface area contributed by atoms with Gasteiger partial charge in [-0.1, -0.05) is 30.4 Å². The number of allylic oxidation sites excluding steroid dienone is 8. The molecule has 2 aliphatic heterocycles. The summed E-state index contributed by atoms with van der Waals surface area (Å²) in [6.45, 7) is 7.86. The number of hydrogen-bond acceptors (Lipinski definition) is 11. The van der Waals surface area contributed by atoms with Crippen molar-refractivity contribution in [3.63, 3.8) is 0 Å². The van der Waals surface area contributed by atoms with Crippen LogP contribution in [0.4, 0.5) is 11.4 Å². The second-order valence-electron chi connectivity index (χ2n) is 15.2. The molecule has 17 heteroatoms. The molecule has 0 radical (unpaired) electrons. The molecular weight excluding hydrogens is 829 g/mol. The number of nitrogens with zero attached hydrogens (tertiary/aromatic N) is 2. The molecule has 2 atom stereocenters. The third kappa shape index (κ3) is 13.0. The Morgan fingerprint density at radius 3 is 1.89 bits per heavy atom. The number of anilines is 1.